The van der Waals surface area contributed by atoms with Gasteiger partial charge < -0.3 is 16.0 Å². The van der Waals surface area contributed by atoms with E-state index in [9.17, 15) is 14.4 Å². The molecular formula is C20H22N4O3. The summed E-state index contributed by atoms with van der Waals surface area (Å²) in [7, 11) is 0. The second-order valence-corrected chi connectivity index (χ2v) is 6.75. The maximum absolute atomic E-state index is 12.9. The number of nitrogens with one attached hydrogen (secondary N) is 1. The number of anilines is 1. The Hall–Kier alpha value is -3.22. The minimum atomic E-state index is -0.756. The number of pyridine rings is 1. The Bertz CT molecular complexity index is 853. The second-order valence-electron chi connectivity index (χ2n) is 6.75. The zero-order valence-corrected chi connectivity index (χ0v) is 15.1. The van der Waals surface area contributed by atoms with E-state index in [1.807, 2.05) is 30.3 Å². The van der Waals surface area contributed by atoms with E-state index in [0.29, 0.717) is 6.54 Å². The molecule has 2 atom stereocenters. The molecule has 0 aliphatic carbocycles. The van der Waals surface area contributed by atoms with E-state index < -0.39 is 17.7 Å². The lowest BCUT2D eigenvalue weighted by atomic mass is 9.86. The lowest BCUT2D eigenvalue weighted by Gasteiger charge is -2.40. The number of piperidine rings is 1. The molecule has 7 heteroatoms. The molecule has 1 saturated heterocycles. The molecular weight excluding hydrogens is 344 g/mol. The first-order chi connectivity index (χ1) is 13.0. The van der Waals surface area contributed by atoms with Crippen LogP contribution in [0.2, 0.25) is 0 Å². The quantitative estimate of drug-likeness (QED) is 0.812. The van der Waals surface area contributed by atoms with E-state index in [1.54, 1.807) is 4.90 Å². The van der Waals surface area contributed by atoms with Crippen molar-refractivity contribution in [3.05, 3.63) is 59.9 Å². The van der Waals surface area contributed by atoms with Crippen LogP contribution in [0.25, 0.3) is 0 Å². The molecule has 3 N–H and O–H groups in total. The predicted octanol–water partition coefficient (Wildman–Crippen LogP) is 2.12. The van der Waals surface area contributed by atoms with Crippen LogP contribution in [0.1, 0.15) is 41.7 Å². The Morgan fingerprint density at radius 3 is 2.63 bits per heavy atom. The molecule has 7 nitrogen and oxygen atoms in total. The number of carbonyl (C=O) groups excluding carboxylic acids is 3. The van der Waals surface area contributed by atoms with Gasteiger partial charge in [0.05, 0.1) is 23.5 Å². The van der Waals surface area contributed by atoms with Crippen LogP contribution in [0.15, 0.2) is 48.8 Å². The van der Waals surface area contributed by atoms with E-state index in [1.165, 1.54) is 18.5 Å². The highest BCUT2D eigenvalue weighted by atomic mass is 16.2. The van der Waals surface area contributed by atoms with Crippen LogP contribution in [0.5, 0.6) is 0 Å². The summed E-state index contributed by atoms with van der Waals surface area (Å²) in [4.78, 5) is 42.1. The van der Waals surface area contributed by atoms with Gasteiger partial charge in [0.1, 0.15) is 0 Å². The number of aromatic nitrogens is 1. The van der Waals surface area contributed by atoms with Gasteiger partial charge in [-0.25, -0.2) is 0 Å². The highest BCUT2D eigenvalue weighted by Gasteiger charge is 2.35. The normalized spacial score (nSPS) is 19.4. The Morgan fingerprint density at radius 1 is 1.19 bits per heavy atom. The molecule has 0 unspecified atom stereocenters. The number of nitrogens with two attached hydrogens (primary N) is 1. The molecule has 140 valence electrons. The number of nitrogens with zero attached hydrogens (tertiary/aromatic N) is 2. The van der Waals surface area contributed by atoms with Gasteiger partial charge in [0.2, 0.25) is 5.91 Å². The van der Waals surface area contributed by atoms with Crippen molar-refractivity contribution < 1.29 is 14.4 Å². The maximum atomic E-state index is 12.9. The summed E-state index contributed by atoms with van der Waals surface area (Å²) in [6.45, 7) is 2.62. The smallest absolute Gasteiger partial charge is 0.313 e. The van der Waals surface area contributed by atoms with Crippen LogP contribution in [-0.2, 0) is 9.59 Å². The van der Waals surface area contributed by atoms with Crippen molar-refractivity contribution in [3.8, 4) is 0 Å². The first-order valence-electron chi connectivity index (χ1n) is 8.89. The molecule has 27 heavy (non-hydrogen) atoms. The van der Waals surface area contributed by atoms with Crippen molar-refractivity contribution in [1.82, 2.24) is 9.88 Å². The minimum absolute atomic E-state index is 0.145. The molecule has 0 saturated carbocycles. The van der Waals surface area contributed by atoms with Gasteiger partial charge in [0.25, 0.3) is 0 Å². The maximum Gasteiger partial charge on any atom is 0.313 e. The average molecular weight is 366 g/mol. The highest BCUT2D eigenvalue weighted by Crippen LogP contribution is 2.35. The van der Waals surface area contributed by atoms with Crippen LogP contribution < -0.4 is 11.1 Å². The second kappa shape index (κ2) is 7.99. The predicted molar refractivity (Wildman–Crippen MR) is 101 cm³/mol. The van der Waals surface area contributed by atoms with E-state index in [4.69, 9.17) is 5.73 Å². The molecule has 0 radical (unpaired) electrons. The first kappa shape index (κ1) is 18.6. The Balaban J connectivity index is 1.79. The summed E-state index contributed by atoms with van der Waals surface area (Å²) in [5.41, 5.74) is 6.65. The summed E-state index contributed by atoms with van der Waals surface area (Å²) in [6.07, 6.45) is 4.51. The zero-order valence-electron chi connectivity index (χ0n) is 15.1. The van der Waals surface area contributed by atoms with Gasteiger partial charge in [-0.05, 0) is 30.4 Å². The fourth-order valence-corrected chi connectivity index (χ4v) is 3.53. The van der Waals surface area contributed by atoms with Gasteiger partial charge >= 0.3 is 11.8 Å². The Labute approximate surface area is 157 Å². The third-order valence-corrected chi connectivity index (χ3v) is 4.81. The number of amides is 3. The third-order valence-electron chi connectivity index (χ3n) is 4.81. The number of carbonyl (C=O) groups is 3. The van der Waals surface area contributed by atoms with Crippen LogP contribution in [-0.4, -0.2) is 34.2 Å². The fourth-order valence-electron chi connectivity index (χ4n) is 3.53. The lowest BCUT2D eigenvalue weighted by Crippen LogP contribution is -2.46. The summed E-state index contributed by atoms with van der Waals surface area (Å²) in [6, 6.07) is 11.0. The van der Waals surface area contributed by atoms with Gasteiger partial charge in [0, 0.05) is 12.7 Å². The number of primary amides is 1. The standard InChI is InChI=1S/C20H22N4O3/c1-13-6-5-9-24(17(13)14-7-3-2-4-8-14)20(27)19(26)23-16-10-15(18(21)25)11-22-12-16/h2-4,7-8,10-13,17H,5-6,9H2,1H3,(H2,21,25)(H,23,26)/t13-,17+/m1/s1. The van der Waals surface area contributed by atoms with Gasteiger partial charge in [-0.15, -0.1) is 0 Å². The molecule has 1 aromatic carbocycles. The number of rotatable bonds is 3. The SMILES string of the molecule is C[C@@H]1CCCN(C(=O)C(=O)Nc2cncc(C(N)=O)c2)[C@@H]1c1ccccc1. The van der Waals surface area contributed by atoms with Crippen molar-refractivity contribution in [2.75, 3.05) is 11.9 Å². The first-order valence-corrected chi connectivity index (χ1v) is 8.89. The lowest BCUT2D eigenvalue weighted by molar-refractivity contribution is -0.146. The van der Waals surface area contributed by atoms with Crippen LogP contribution >= 0.6 is 0 Å². The molecule has 1 aromatic heterocycles. The van der Waals surface area contributed by atoms with Crippen molar-refractivity contribution in [3.63, 3.8) is 0 Å². The minimum Gasteiger partial charge on any atom is -0.366 e. The van der Waals surface area contributed by atoms with Crippen molar-refractivity contribution >= 4 is 23.4 Å². The molecule has 0 bridgehead atoms. The molecule has 2 heterocycles. The molecule has 3 rings (SSSR count). The van der Waals surface area contributed by atoms with Gasteiger partial charge in [0.15, 0.2) is 0 Å². The molecule has 1 aliphatic heterocycles. The number of benzene rings is 1. The van der Waals surface area contributed by atoms with Gasteiger partial charge in [-0.1, -0.05) is 37.3 Å². The van der Waals surface area contributed by atoms with Crippen LogP contribution in [0.3, 0.4) is 0 Å². The molecule has 0 spiro atoms. The largest absolute Gasteiger partial charge is 0.366 e. The van der Waals surface area contributed by atoms with Crippen molar-refractivity contribution in [1.29, 1.82) is 0 Å². The topological polar surface area (TPSA) is 105 Å². The number of hydrogen-bond donors (Lipinski definition) is 2. The molecule has 1 aliphatic rings. The van der Waals surface area contributed by atoms with Crippen LogP contribution in [0.4, 0.5) is 5.69 Å². The van der Waals surface area contributed by atoms with E-state index in [-0.39, 0.29) is 23.2 Å². The third kappa shape index (κ3) is 4.13. The summed E-state index contributed by atoms with van der Waals surface area (Å²) < 4.78 is 0. The summed E-state index contributed by atoms with van der Waals surface area (Å²) in [5, 5.41) is 2.52. The van der Waals surface area contributed by atoms with Crippen molar-refractivity contribution in [2.45, 2.75) is 25.8 Å². The van der Waals surface area contributed by atoms with Gasteiger partial charge in [-0.3, -0.25) is 19.4 Å². The van der Waals surface area contributed by atoms with Crippen LogP contribution in [0, 0.1) is 5.92 Å². The summed E-state index contributed by atoms with van der Waals surface area (Å²) >= 11 is 0. The Kier molecular flexibility index (Phi) is 5.49. The average Bonchev–Trinajstić information content (AvgIpc) is 2.68. The zero-order chi connectivity index (χ0) is 19.4. The molecule has 1 fully saturated rings. The van der Waals surface area contributed by atoms with Crippen molar-refractivity contribution in [2.24, 2.45) is 11.7 Å². The number of hydrogen-bond acceptors (Lipinski definition) is 4. The highest BCUT2D eigenvalue weighted by molar-refractivity contribution is 6.39. The van der Waals surface area contributed by atoms with E-state index >= 15 is 0 Å². The van der Waals surface area contributed by atoms with Gasteiger partial charge in [-0.2, -0.15) is 0 Å². The number of likely N-dealkylation sites (tertiary alicyclic amines) is 1. The molecule has 2 aromatic rings. The fraction of sp³-hybridized carbons (Fsp3) is 0.300. The summed E-state index contributed by atoms with van der Waals surface area (Å²) in [5.74, 6) is -1.76. The van der Waals surface area contributed by atoms with E-state index in [0.717, 1.165) is 18.4 Å². The Morgan fingerprint density at radius 2 is 1.93 bits per heavy atom. The molecule has 3 amide bonds. The van der Waals surface area contributed by atoms with E-state index in [2.05, 4.69) is 17.2 Å². The monoisotopic (exact) mass is 366 g/mol.